The van der Waals surface area contributed by atoms with Crippen LogP contribution in [0.15, 0.2) is 18.2 Å². The van der Waals surface area contributed by atoms with E-state index < -0.39 is 0 Å². The highest BCUT2D eigenvalue weighted by Crippen LogP contribution is 2.20. The first-order valence-corrected chi connectivity index (χ1v) is 5.16. The number of hydrogen-bond acceptors (Lipinski definition) is 1. The second kappa shape index (κ2) is 4.23. The summed E-state index contributed by atoms with van der Waals surface area (Å²) in [5.41, 5.74) is 2.71. The monoisotopic (exact) mass is 275 g/mol. The van der Waals surface area contributed by atoms with Crippen molar-refractivity contribution in [1.29, 1.82) is 0 Å². The molecule has 1 rings (SSSR count). The highest BCUT2D eigenvalue weighted by molar-refractivity contribution is 14.1. The van der Waals surface area contributed by atoms with Crippen LogP contribution in [0.4, 0.5) is 0 Å². The molecule has 0 heterocycles. The van der Waals surface area contributed by atoms with E-state index in [1.807, 2.05) is 7.05 Å². The van der Waals surface area contributed by atoms with E-state index >= 15 is 0 Å². The van der Waals surface area contributed by atoms with Gasteiger partial charge in [-0.1, -0.05) is 17.7 Å². The fourth-order valence-electron chi connectivity index (χ4n) is 1.15. The zero-order chi connectivity index (χ0) is 9.14. The van der Waals surface area contributed by atoms with Crippen molar-refractivity contribution in [1.82, 2.24) is 5.32 Å². The minimum atomic E-state index is 0.441. The molecule has 0 aliphatic rings. The van der Waals surface area contributed by atoms with Gasteiger partial charge in [0.05, 0.1) is 0 Å². The number of benzene rings is 1. The minimum absolute atomic E-state index is 0.441. The lowest BCUT2D eigenvalue weighted by Gasteiger charge is -2.13. The molecule has 0 aliphatic heterocycles. The first-order valence-electron chi connectivity index (χ1n) is 4.08. The molecule has 0 bridgehead atoms. The highest BCUT2D eigenvalue weighted by atomic mass is 127. The molecule has 0 saturated heterocycles. The fourth-order valence-corrected chi connectivity index (χ4v) is 1.95. The van der Waals surface area contributed by atoms with Crippen molar-refractivity contribution in [2.24, 2.45) is 0 Å². The van der Waals surface area contributed by atoms with Crippen molar-refractivity contribution < 1.29 is 0 Å². The molecule has 1 aromatic rings. The molecule has 66 valence electrons. The van der Waals surface area contributed by atoms with Gasteiger partial charge in [-0.3, -0.25) is 0 Å². The van der Waals surface area contributed by atoms with E-state index in [1.165, 1.54) is 14.7 Å². The Labute approximate surface area is 87.7 Å². The van der Waals surface area contributed by atoms with Gasteiger partial charge in [-0.05, 0) is 55.1 Å². The molecule has 0 saturated carbocycles. The Morgan fingerprint density at radius 1 is 1.42 bits per heavy atom. The van der Waals surface area contributed by atoms with Gasteiger partial charge >= 0.3 is 0 Å². The molecule has 0 amide bonds. The highest BCUT2D eigenvalue weighted by Gasteiger charge is 2.05. The molecule has 1 aromatic carbocycles. The van der Waals surface area contributed by atoms with Crippen LogP contribution in [0.25, 0.3) is 0 Å². The van der Waals surface area contributed by atoms with Crippen LogP contribution in [0.3, 0.4) is 0 Å². The summed E-state index contributed by atoms with van der Waals surface area (Å²) in [7, 11) is 1.99. The summed E-state index contributed by atoms with van der Waals surface area (Å²) in [6.45, 7) is 4.30. The van der Waals surface area contributed by atoms with E-state index in [1.54, 1.807) is 0 Å². The molecule has 2 heteroatoms. The molecule has 1 N–H and O–H groups in total. The van der Waals surface area contributed by atoms with Crippen LogP contribution in [0.5, 0.6) is 0 Å². The molecule has 0 unspecified atom stereocenters. The van der Waals surface area contributed by atoms with Gasteiger partial charge in [0.1, 0.15) is 0 Å². The summed E-state index contributed by atoms with van der Waals surface area (Å²) in [5, 5.41) is 3.24. The molecule has 1 nitrogen and oxygen atoms in total. The number of aryl methyl sites for hydroxylation is 1. The third kappa shape index (κ3) is 2.20. The van der Waals surface area contributed by atoms with Crippen molar-refractivity contribution in [2.75, 3.05) is 7.05 Å². The van der Waals surface area contributed by atoms with Crippen molar-refractivity contribution in [3.8, 4) is 0 Å². The maximum Gasteiger partial charge on any atom is 0.0299 e. The second-order valence-electron chi connectivity index (χ2n) is 3.04. The third-order valence-electron chi connectivity index (χ3n) is 2.05. The van der Waals surface area contributed by atoms with Gasteiger partial charge in [0, 0.05) is 9.61 Å². The van der Waals surface area contributed by atoms with Crippen LogP contribution in [-0.4, -0.2) is 7.05 Å². The number of rotatable bonds is 2. The third-order valence-corrected chi connectivity index (χ3v) is 3.03. The largest absolute Gasteiger partial charge is 0.313 e. The van der Waals surface area contributed by atoms with E-state index in [9.17, 15) is 0 Å². The summed E-state index contributed by atoms with van der Waals surface area (Å²) in [4.78, 5) is 0. The summed E-state index contributed by atoms with van der Waals surface area (Å²) in [5.74, 6) is 0. The second-order valence-corrected chi connectivity index (χ2v) is 4.20. The van der Waals surface area contributed by atoms with Crippen LogP contribution >= 0.6 is 22.6 Å². The predicted octanol–water partition coefficient (Wildman–Crippen LogP) is 2.88. The van der Waals surface area contributed by atoms with E-state index in [0.29, 0.717) is 6.04 Å². The van der Waals surface area contributed by atoms with E-state index in [2.05, 4.69) is 60.0 Å². The van der Waals surface area contributed by atoms with E-state index in [-0.39, 0.29) is 0 Å². The molecule has 1 atom stereocenters. The van der Waals surface area contributed by atoms with Crippen LogP contribution in [0.1, 0.15) is 24.1 Å². The SMILES string of the molecule is CN[C@@H](C)c1cc(C)ccc1I. The van der Waals surface area contributed by atoms with Crippen LogP contribution in [0.2, 0.25) is 0 Å². The standard InChI is InChI=1S/C10H14IN/c1-7-4-5-10(11)9(6-7)8(2)12-3/h4-6,8,12H,1-3H3/t8-/m0/s1. The number of nitrogens with one attached hydrogen (secondary N) is 1. The molecule has 12 heavy (non-hydrogen) atoms. The lowest BCUT2D eigenvalue weighted by molar-refractivity contribution is 0.649. The Morgan fingerprint density at radius 3 is 2.67 bits per heavy atom. The summed E-state index contributed by atoms with van der Waals surface area (Å²) < 4.78 is 1.33. The maximum absolute atomic E-state index is 3.24. The summed E-state index contributed by atoms with van der Waals surface area (Å²) in [6.07, 6.45) is 0. The zero-order valence-electron chi connectivity index (χ0n) is 7.69. The Hall–Kier alpha value is -0.0900. The number of hydrogen-bond donors (Lipinski definition) is 1. The summed E-state index contributed by atoms with van der Waals surface area (Å²) >= 11 is 2.38. The van der Waals surface area contributed by atoms with E-state index in [0.717, 1.165) is 0 Å². The minimum Gasteiger partial charge on any atom is -0.313 e. The van der Waals surface area contributed by atoms with Gasteiger partial charge in [0.2, 0.25) is 0 Å². The first-order chi connectivity index (χ1) is 5.65. The topological polar surface area (TPSA) is 12.0 Å². The lowest BCUT2D eigenvalue weighted by Crippen LogP contribution is -2.13. The molecule has 0 aliphatic carbocycles. The van der Waals surface area contributed by atoms with Crippen molar-refractivity contribution in [3.63, 3.8) is 0 Å². The molecule has 0 fully saturated rings. The van der Waals surface area contributed by atoms with E-state index in [4.69, 9.17) is 0 Å². The molecule has 0 aromatic heterocycles. The lowest BCUT2D eigenvalue weighted by atomic mass is 10.1. The van der Waals surface area contributed by atoms with Crippen molar-refractivity contribution >= 4 is 22.6 Å². The van der Waals surface area contributed by atoms with Gasteiger partial charge in [-0.25, -0.2) is 0 Å². The normalized spacial score (nSPS) is 13.0. The van der Waals surface area contributed by atoms with Crippen LogP contribution in [-0.2, 0) is 0 Å². The van der Waals surface area contributed by atoms with Crippen LogP contribution < -0.4 is 5.32 Å². The van der Waals surface area contributed by atoms with Crippen LogP contribution in [0, 0.1) is 10.5 Å². The average molecular weight is 275 g/mol. The Kier molecular flexibility index (Phi) is 3.53. The predicted molar refractivity (Wildman–Crippen MR) is 61.4 cm³/mol. The Bertz CT molecular complexity index is 271. The first kappa shape index (κ1) is 9.99. The smallest absolute Gasteiger partial charge is 0.0299 e. The average Bonchev–Trinajstić information content (AvgIpc) is 2.08. The molecular formula is C10H14IN. The number of halogens is 1. The maximum atomic E-state index is 3.24. The zero-order valence-corrected chi connectivity index (χ0v) is 9.84. The Balaban J connectivity index is 3.04. The summed E-state index contributed by atoms with van der Waals surface area (Å²) in [6, 6.07) is 6.99. The van der Waals surface area contributed by atoms with Gasteiger partial charge in [0.15, 0.2) is 0 Å². The van der Waals surface area contributed by atoms with Gasteiger partial charge in [-0.2, -0.15) is 0 Å². The Morgan fingerprint density at radius 2 is 2.08 bits per heavy atom. The van der Waals surface area contributed by atoms with Gasteiger partial charge in [0.25, 0.3) is 0 Å². The molecule has 0 radical (unpaired) electrons. The molecule has 0 spiro atoms. The van der Waals surface area contributed by atoms with Crippen molar-refractivity contribution in [2.45, 2.75) is 19.9 Å². The fraction of sp³-hybridized carbons (Fsp3) is 0.400. The van der Waals surface area contributed by atoms with Crippen molar-refractivity contribution in [3.05, 3.63) is 32.9 Å². The van der Waals surface area contributed by atoms with Gasteiger partial charge in [-0.15, -0.1) is 0 Å². The molecular weight excluding hydrogens is 261 g/mol. The van der Waals surface area contributed by atoms with Gasteiger partial charge < -0.3 is 5.32 Å². The quantitative estimate of drug-likeness (QED) is 0.818.